The molecular formula is C15H12O. The first-order valence-electron chi connectivity index (χ1n) is 5.14. The van der Waals surface area contributed by atoms with Gasteiger partial charge < -0.3 is 4.74 Å². The fourth-order valence-corrected chi connectivity index (χ4v) is 1.40. The number of rotatable bonds is 4. The van der Waals surface area contributed by atoms with Gasteiger partial charge in [-0.25, -0.2) is 0 Å². The third-order valence-corrected chi connectivity index (χ3v) is 2.12. The van der Waals surface area contributed by atoms with Crippen LogP contribution in [0, 0.1) is 12.1 Å². The van der Waals surface area contributed by atoms with E-state index in [0.29, 0.717) is 11.5 Å². The molecule has 0 bridgehead atoms. The standard InChI is InChI=1S/C15H12O/c1-2-7-13-8-6-11-15(12-13)16-14-9-4-3-5-10-14/h2-6,8-9,12H,1,7H2. The maximum Gasteiger partial charge on any atom is 0.135 e. The molecule has 16 heavy (non-hydrogen) atoms. The van der Waals surface area contributed by atoms with Gasteiger partial charge in [0.2, 0.25) is 0 Å². The molecule has 1 heteroatoms. The van der Waals surface area contributed by atoms with E-state index in [0.717, 1.165) is 6.42 Å². The van der Waals surface area contributed by atoms with E-state index < -0.39 is 0 Å². The van der Waals surface area contributed by atoms with Crippen LogP contribution in [-0.2, 0) is 6.42 Å². The van der Waals surface area contributed by atoms with Gasteiger partial charge in [-0.15, -0.1) is 6.58 Å². The van der Waals surface area contributed by atoms with Crippen molar-refractivity contribution in [3.63, 3.8) is 0 Å². The number of para-hydroxylation sites is 1. The highest BCUT2D eigenvalue weighted by Crippen LogP contribution is 2.20. The molecule has 0 amide bonds. The Morgan fingerprint density at radius 2 is 2.00 bits per heavy atom. The number of hydrogen-bond donors (Lipinski definition) is 0. The van der Waals surface area contributed by atoms with Crippen molar-refractivity contribution < 1.29 is 4.74 Å². The summed E-state index contributed by atoms with van der Waals surface area (Å²) >= 11 is 0. The van der Waals surface area contributed by atoms with Crippen LogP contribution in [-0.4, -0.2) is 0 Å². The topological polar surface area (TPSA) is 9.23 Å². The predicted molar refractivity (Wildman–Crippen MR) is 64.5 cm³/mol. The molecule has 2 aromatic rings. The van der Waals surface area contributed by atoms with Gasteiger partial charge in [0.25, 0.3) is 0 Å². The van der Waals surface area contributed by atoms with Gasteiger partial charge in [0, 0.05) is 12.1 Å². The lowest BCUT2D eigenvalue weighted by Crippen LogP contribution is -1.86. The second-order valence-corrected chi connectivity index (χ2v) is 3.38. The van der Waals surface area contributed by atoms with E-state index in [1.807, 2.05) is 48.5 Å². The molecule has 0 fully saturated rings. The summed E-state index contributed by atoms with van der Waals surface area (Å²) < 4.78 is 5.62. The minimum Gasteiger partial charge on any atom is -0.456 e. The van der Waals surface area contributed by atoms with Crippen molar-refractivity contribution in [3.8, 4) is 11.5 Å². The van der Waals surface area contributed by atoms with Crippen LogP contribution in [0.15, 0.2) is 55.1 Å². The highest BCUT2D eigenvalue weighted by atomic mass is 16.5. The molecule has 0 N–H and O–H groups in total. The SMILES string of the molecule is C=CCc1cc[c]c(Oc2[c]cccc2)c1. The van der Waals surface area contributed by atoms with Crippen molar-refractivity contribution in [2.75, 3.05) is 0 Å². The second-order valence-electron chi connectivity index (χ2n) is 3.38. The smallest absolute Gasteiger partial charge is 0.135 e. The number of allylic oxidation sites excluding steroid dienone is 1. The minimum absolute atomic E-state index is 0.703. The Kier molecular flexibility index (Phi) is 3.39. The Labute approximate surface area is 96.0 Å². The molecule has 0 saturated heterocycles. The molecule has 0 atom stereocenters. The summed E-state index contributed by atoms with van der Waals surface area (Å²) in [6.07, 6.45) is 2.71. The fourth-order valence-electron chi connectivity index (χ4n) is 1.40. The zero-order valence-electron chi connectivity index (χ0n) is 8.94. The van der Waals surface area contributed by atoms with E-state index in [1.54, 1.807) is 0 Å². The van der Waals surface area contributed by atoms with E-state index in [2.05, 4.69) is 18.7 Å². The molecule has 2 rings (SSSR count). The van der Waals surface area contributed by atoms with E-state index in [1.165, 1.54) is 5.56 Å². The van der Waals surface area contributed by atoms with Gasteiger partial charge in [-0.05, 0) is 24.1 Å². The maximum atomic E-state index is 5.62. The third-order valence-electron chi connectivity index (χ3n) is 2.12. The van der Waals surface area contributed by atoms with Crippen molar-refractivity contribution in [3.05, 3.63) is 72.8 Å². The lowest BCUT2D eigenvalue weighted by atomic mass is 10.1. The van der Waals surface area contributed by atoms with Crippen molar-refractivity contribution >= 4 is 0 Å². The summed E-state index contributed by atoms with van der Waals surface area (Å²) in [7, 11) is 0. The molecule has 0 aliphatic rings. The second kappa shape index (κ2) is 5.17. The van der Waals surface area contributed by atoms with Crippen LogP contribution < -0.4 is 4.74 Å². The van der Waals surface area contributed by atoms with Crippen LogP contribution in [0.5, 0.6) is 11.5 Å². The van der Waals surface area contributed by atoms with Crippen LogP contribution in [0.3, 0.4) is 0 Å². The molecule has 78 valence electrons. The molecule has 2 aromatic carbocycles. The largest absolute Gasteiger partial charge is 0.456 e. The first kappa shape index (κ1) is 10.5. The Bertz CT molecular complexity index is 460. The predicted octanol–water partition coefficient (Wildman–Crippen LogP) is 3.81. The Morgan fingerprint density at radius 1 is 1.12 bits per heavy atom. The van der Waals surface area contributed by atoms with Crippen LogP contribution in [0.1, 0.15) is 5.56 Å². The van der Waals surface area contributed by atoms with E-state index in [-0.39, 0.29) is 0 Å². The van der Waals surface area contributed by atoms with Gasteiger partial charge in [-0.2, -0.15) is 0 Å². The van der Waals surface area contributed by atoms with Gasteiger partial charge in [0.05, 0.1) is 0 Å². The molecule has 0 unspecified atom stereocenters. The average molecular weight is 208 g/mol. The quantitative estimate of drug-likeness (QED) is 0.694. The molecule has 0 aliphatic heterocycles. The van der Waals surface area contributed by atoms with Crippen LogP contribution in [0.25, 0.3) is 0 Å². The maximum absolute atomic E-state index is 5.62. The summed E-state index contributed by atoms with van der Waals surface area (Å²) in [5, 5.41) is 0. The number of hydrogen-bond acceptors (Lipinski definition) is 1. The molecule has 0 heterocycles. The number of benzene rings is 2. The molecular weight excluding hydrogens is 196 g/mol. The van der Waals surface area contributed by atoms with Gasteiger partial charge in [-0.1, -0.05) is 36.4 Å². The molecule has 0 saturated carbocycles. The Balaban J connectivity index is 2.15. The lowest BCUT2D eigenvalue weighted by molar-refractivity contribution is 0.480. The fraction of sp³-hybridized carbons (Fsp3) is 0.0667. The van der Waals surface area contributed by atoms with Crippen molar-refractivity contribution in [2.24, 2.45) is 0 Å². The van der Waals surface area contributed by atoms with E-state index in [4.69, 9.17) is 4.74 Å². The monoisotopic (exact) mass is 208 g/mol. The first-order chi connectivity index (χ1) is 7.88. The van der Waals surface area contributed by atoms with Crippen LogP contribution in [0.2, 0.25) is 0 Å². The highest BCUT2D eigenvalue weighted by Gasteiger charge is 1.98. The zero-order chi connectivity index (χ0) is 11.2. The Hall–Kier alpha value is -2.02. The summed E-state index contributed by atoms with van der Waals surface area (Å²) in [6, 6.07) is 19.4. The summed E-state index contributed by atoms with van der Waals surface area (Å²) in [6.45, 7) is 3.71. The first-order valence-corrected chi connectivity index (χ1v) is 5.14. The van der Waals surface area contributed by atoms with Crippen LogP contribution >= 0.6 is 0 Å². The summed E-state index contributed by atoms with van der Waals surface area (Å²) in [4.78, 5) is 0. The van der Waals surface area contributed by atoms with Crippen molar-refractivity contribution in [1.82, 2.24) is 0 Å². The van der Waals surface area contributed by atoms with Gasteiger partial charge in [-0.3, -0.25) is 0 Å². The molecule has 0 aromatic heterocycles. The van der Waals surface area contributed by atoms with Crippen LogP contribution in [0.4, 0.5) is 0 Å². The highest BCUT2D eigenvalue weighted by molar-refractivity contribution is 5.33. The summed E-state index contributed by atoms with van der Waals surface area (Å²) in [5.41, 5.74) is 1.17. The van der Waals surface area contributed by atoms with E-state index in [9.17, 15) is 0 Å². The average Bonchev–Trinajstić information content (AvgIpc) is 2.31. The molecule has 0 aliphatic carbocycles. The zero-order valence-corrected chi connectivity index (χ0v) is 8.94. The summed E-state index contributed by atoms with van der Waals surface area (Å²) in [5.74, 6) is 1.41. The van der Waals surface area contributed by atoms with Gasteiger partial charge in [0.1, 0.15) is 11.5 Å². The van der Waals surface area contributed by atoms with Gasteiger partial charge >= 0.3 is 0 Å². The van der Waals surface area contributed by atoms with Crippen molar-refractivity contribution in [2.45, 2.75) is 6.42 Å². The van der Waals surface area contributed by atoms with E-state index >= 15 is 0 Å². The molecule has 0 spiro atoms. The van der Waals surface area contributed by atoms with Gasteiger partial charge in [0.15, 0.2) is 0 Å². The third kappa shape index (κ3) is 2.74. The normalized spacial score (nSPS) is 9.75. The molecule has 2 radical (unpaired) electrons. The minimum atomic E-state index is 0.703. The lowest BCUT2D eigenvalue weighted by Gasteiger charge is -2.05. The van der Waals surface area contributed by atoms with Crippen molar-refractivity contribution in [1.29, 1.82) is 0 Å². The Morgan fingerprint density at radius 3 is 2.75 bits per heavy atom. The molecule has 1 nitrogen and oxygen atoms in total. The number of ether oxygens (including phenoxy) is 1.